The number of aromatic nitrogens is 2. The molecule has 0 aliphatic carbocycles. The molecule has 6 heteroatoms. The smallest absolute Gasteiger partial charge is 0.358 e. The number of anilines is 1. The maximum Gasteiger partial charge on any atom is 0.358 e. The third-order valence-electron chi connectivity index (χ3n) is 3.79. The van der Waals surface area contributed by atoms with E-state index in [2.05, 4.69) is 32.1 Å². The van der Waals surface area contributed by atoms with Crippen molar-refractivity contribution in [3.63, 3.8) is 0 Å². The van der Waals surface area contributed by atoms with E-state index in [0.717, 1.165) is 13.1 Å². The van der Waals surface area contributed by atoms with Crippen molar-refractivity contribution in [2.75, 3.05) is 38.6 Å². The van der Waals surface area contributed by atoms with Crippen molar-refractivity contribution in [1.29, 1.82) is 0 Å². The number of hydrogen-bond donors (Lipinski definition) is 1. The summed E-state index contributed by atoms with van der Waals surface area (Å²) in [6.07, 6.45) is 2.43. The minimum absolute atomic E-state index is 0.231. The van der Waals surface area contributed by atoms with Crippen LogP contribution in [0.5, 0.6) is 0 Å². The average molecular weight is 278 g/mol. The average Bonchev–Trinajstić information content (AvgIpc) is 2.53. The van der Waals surface area contributed by atoms with Crippen molar-refractivity contribution in [3.05, 3.63) is 17.8 Å². The highest BCUT2D eigenvalue weighted by Gasteiger charge is 2.17. The van der Waals surface area contributed by atoms with Gasteiger partial charge in [-0.05, 0) is 50.5 Å². The lowest BCUT2D eigenvalue weighted by molar-refractivity contribution is 0.0593. The molecule has 0 saturated carbocycles. The zero-order valence-corrected chi connectivity index (χ0v) is 12.1. The van der Waals surface area contributed by atoms with E-state index in [1.807, 2.05) is 0 Å². The number of nitrogens with zero attached hydrogens (tertiary/aromatic N) is 3. The summed E-state index contributed by atoms with van der Waals surface area (Å²) in [6, 6.07) is 3.39. The van der Waals surface area contributed by atoms with Crippen LogP contribution in [0.15, 0.2) is 12.1 Å². The van der Waals surface area contributed by atoms with Crippen LogP contribution in [0.3, 0.4) is 0 Å². The van der Waals surface area contributed by atoms with Crippen molar-refractivity contribution in [3.8, 4) is 0 Å². The SMILES string of the molecule is CCN1CCC(CNc2ccc(C(=O)OC)nn2)CC1. The second-order valence-corrected chi connectivity index (χ2v) is 5.05. The van der Waals surface area contributed by atoms with Crippen LogP contribution in [0.1, 0.15) is 30.3 Å². The van der Waals surface area contributed by atoms with Crippen molar-refractivity contribution in [2.45, 2.75) is 19.8 Å². The summed E-state index contributed by atoms with van der Waals surface area (Å²) in [7, 11) is 1.33. The summed E-state index contributed by atoms with van der Waals surface area (Å²) in [5.41, 5.74) is 0.231. The predicted octanol–water partition coefficient (Wildman–Crippen LogP) is 1.41. The molecule has 20 heavy (non-hydrogen) atoms. The molecule has 0 bridgehead atoms. The van der Waals surface area contributed by atoms with Crippen LogP contribution < -0.4 is 5.32 Å². The van der Waals surface area contributed by atoms with Gasteiger partial charge in [-0.25, -0.2) is 4.79 Å². The fourth-order valence-electron chi connectivity index (χ4n) is 2.40. The summed E-state index contributed by atoms with van der Waals surface area (Å²) >= 11 is 0. The quantitative estimate of drug-likeness (QED) is 0.821. The van der Waals surface area contributed by atoms with Crippen LogP contribution in [0, 0.1) is 5.92 Å². The molecule has 1 aromatic rings. The first-order valence-electron chi connectivity index (χ1n) is 7.11. The molecule has 1 aliphatic rings. The van der Waals surface area contributed by atoms with E-state index in [9.17, 15) is 4.79 Å². The van der Waals surface area contributed by atoms with Gasteiger partial charge in [0.2, 0.25) is 0 Å². The summed E-state index contributed by atoms with van der Waals surface area (Å²) < 4.78 is 4.59. The third-order valence-corrected chi connectivity index (χ3v) is 3.79. The Morgan fingerprint density at radius 1 is 1.40 bits per heavy atom. The molecule has 0 spiro atoms. The predicted molar refractivity (Wildman–Crippen MR) is 76.7 cm³/mol. The highest BCUT2D eigenvalue weighted by atomic mass is 16.5. The largest absolute Gasteiger partial charge is 0.464 e. The lowest BCUT2D eigenvalue weighted by Gasteiger charge is -2.31. The first kappa shape index (κ1) is 14.7. The van der Waals surface area contributed by atoms with Crippen molar-refractivity contribution >= 4 is 11.8 Å². The van der Waals surface area contributed by atoms with Gasteiger partial charge in [0.15, 0.2) is 5.69 Å². The number of hydrogen-bond acceptors (Lipinski definition) is 6. The zero-order valence-electron chi connectivity index (χ0n) is 12.1. The van der Waals surface area contributed by atoms with Gasteiger partial charge in [-0.2, -0.15) is 0 Å². The second kappa shape index (κ2) is 7.19. The Morgan fingerprint density at radius 2 is 2.15 bits per heavy atom. The summed E-state index contributed by atoms with van der Waals surface area (Å²) in [6.45, 7) is 6.60. The Bertz CT molecular complexity index is 427. The number of esters is 1. The van der Waals surface area contributed by atoms with E-state index < -0.39 is 5.97 Å². The van der Waals surface area contributed by atoms with E-state index >= 15 is 0 Å². The van der Waals surface area contributed by atoms with Gasteiger partial charge in [-0.1, -0.05) is 6.92 Å². The van der Waals surface area contributed by atoms with Crippen molar-refractivity contribution in [1.82, 2.24) is 15.1 Å². The van der Waals surface area contributed by atoms with Crippen LogP contribution in [0.25, 0.3) is 0 Å². The molecular weight excluding hydrogens is 256 g/mol. The fourth-order valence-corrected chi connectivity index (χ4v) is 2.40. The first-order valence-corrected chi connectivity index (χ1v) is 7.11. The molecule has 0 amide bonds. The molecule has 1 aliphatic heterocycles. The topological polar surface area (TPSA) is 67.4 Å². The van der Waals surface area contributed by atoms with Crippen LogP contribution in [0.2, 0.25) is 0 Å². The summed E-state index contributed by atoms with van der Waals surface area (Å²) in [5.74, 6) is 0.923. The van der Waals surface area contributed by atoms with Gasteiger partial charge in [0, 0.05) is 6.54 Å². The van der Waals surface area contributed by atoms with E-state index in [1.165, 1.54) is 33.0 Å². The molecule has 110 valence electrons. The van der Waals surface area contributed by atoms with Gasteiger partial charge in [0.1, 0.15) is 5.82 Å². The number of carbonyl (C=O) groups excluding carboxylic acids is 1. The Morgan fingerprint density at radius 3 is 2.70 bits per heavy atom. The molecule has 6 nitrogen and oxygen atoms in total. The Balaban J connectivity index is 1.78. The molecule has 0 atom stereocenters. The molecule has 1 saturated heterocycles. The standard InChI is InChI=1S/C14H22N4O2/c1-3-18-8-6-11(7-9-18)10-15-13-5-4-12(16-17-13)14(19)20-2/h4-5,11H,3,6-10H2,1-2H3,(H,15,17). The van der Waals surface area contributed by atoms with Gasteiger partial charge in [0.25, 0.3) is 0 Å². The number of methoxy groups -OCH3 is 1. The molecule has 0 aromatic carbocycles. The first-order chi connectivity index (χ1) is 9.72. The number of nitrogens with one attached hydrogen (secondary N) is 1. The number of rotatable bonds is 5. The number of piperidine rings is 1. The fraction of sp³-hybridized carbons (Fsp3) is 0.643. The molecule has 1 aromatic heterocycles. The second-order valence-electron chi connectivity index (χ2n) is 5.05. The van der Waals surface area contributed by atoms with Gasteiger partial charge in [-0.3, -0.25) is 0 Å². The van der Waals surface area contributed by atoms with E-state index in [0.29, 0.717) is 11.7 Å². The summed E-state index contributed by atoms with van der Waals surface area (Å²) in [5, 5.41) is 11.1. The minimum Gasteiger partial charge on any atom is -0.464 e. The summed E-state index contributed by atoms with van der Waals surface area (Å²) in [4.78, 5) is 13.7. The molecule has 0 unspecified atom stereocenters. The Kier molecular flexibility index (Phi) is 5.29. The molecule has 1 N–H and O–H groups in total. The number of likely N-dealkylation sites (tertiary alicyclic amines) is 1. The highest BCUT2D eigenvalue weighted by Crippen LogP contribution is 2.17. The van der Waals surface area contributed by atoms with Gasteiger partial charge in [-0.15, -0.1) is 10.2 Å². The maximum atomic E-state index is 11.2. The molecule has 2 heterocycles. The van der Waals surface area contributed by atoms with E-state index in [1.54, 1.807) is 12.1 Å². The lowest BCUT2D eigenvalue weighted by atomic mass is 9.97. The third kappa shape index (κ3) is 3.90. The lowest BCUT2D eigenvalue weighted by Crippen LogP contribution is -2.35. The normalized spacial score (nSPS) is 16.9. The molecule has 1 fully saturated rings. The Hall–Kier alpha value is -1.69. The molecular formula is C14H22N4O2. The van der Waals surface area contributed by atoms with Crippen LogP contribution in [0.4, 0.5) is 5.82 Å². The highest BCUT2D eigenvalue weighted by molar-refractivity contribution is 5.86. The van der Waals surface area contributed by atoms with Crippen LogP contribution >= 0.6 is 0 Å². The Labute approximate surface area is 119 Å². The van der Waals surface area contributed by atoms with E-state index in [4.69, 9.17) is 0 Å². The van der Waals surface area contributed by atoms with Crippen LogP contribution in [-0.2, 0) is 4.74 Å². The molecule has 2 rings (SSSR count). The number of carbonyl (C=O) groups is 1. The molecule has 0 radical (unpaired) electrons. The monoisotopic (exact) mass is 278 g/mol. The van der Waals surface area contributed by atoms with E-state index in [-0.39, 0.29) is 5.69 Å². The van der Waals surface area contributed by atoms with Gasteiger partial charge >= 0.3 is 5.97 Å². The van der Waals surface area contributed by atoms with Gasteiger partial charge in [0.05, 0.1) is 7.11 Å². The van der Waals surface area contributed by atoms with Gasteiger partial charge < -0.3 is 15.0 Å². The maximum absolute atomic E-state index is 11.2. The van der Waals surface area contributed by atoms with Crippen molar-refractivity contribution in [2.24, 2.45) is 5.92 Å². The zero-order chi connectivity index (χ0) is 14.4. The van der Waals surface area contributed by atoms with Crippen LogP contribution in [-0.4, -0.2) is 54.4 Å². The number of ether oxygens (including phenoxy) is 1. The van der Waals surface area contributed by atoms with Crippen molar-refractivity contribution < 1.29 is 9.53 Å². The minimum atomic E-state index is -0.462.